The molecule has 0 bridgehead atoms. The minimum Gasteiger partial charge on any atom is -0.345 e. The lowest BCUT2D eigenvalue weighted by molar-refractivity contribution is 0.0827. The summed E-state index contributed by atoms with van der Waals surface area (Å²) >= 11 is 0. The molecule has 0 aromatic heterocycles. The van der Waals surface area contributed by atoms with Crippen molar-refractivity contribution in [3.8, 4) is 11.1 Å². The molecule has 1 amide bonds. The highest BCUT2D eigenvalue weighted by molar-refractivity contribution is 5.94. The summed E-state index contributed by atoms with van der Waals surface area (Å²) in [7, 11) is 3.52. The maximum Gasteiger partial charge on any atom is 0.253 e. The molecule has 0 heterocycles. The van der Waals surface area contributed by atoms with Gasteiger partial charge in [0.2, 0.25) is 0 Å². The summed E-state index contributed by atoms with van der Waals surface area (Å²) in [5.41, 5.74) is 4.27. The van der Waals surface area contributed by atoms with E-state index < -0.39 is 0 Å². The fraction of sp³-hybridized carbons (Fsp3) is 0.188. The third-order valence-electron chi connectivity index (χ3n) is 2.92. The van der Waals surface area contributed by atoms with Gasteiger partial charge in [-0.25, -0.2) is 0 Å². The van der Waals surface area contributed by atoms with Crippen molar-refractivity contribution in [2.75, 3.05) is 14.1 Å². The molecule has 0 fully saturated rings. The van der Waals surface area contributed by atoms with Crippen molar-refractivity contribution in [1.29, 1.82) is 0 Å². The van der Waals surface area contributed by atoms with Gasteiger partial charge in [-0.05, 0) is 30.2 Å². The molecular weight excluding hydrogens is 222 g/mol. The number of aryl methyl sites for hydroxylation is 1. The molecule has 0 saturated heterocycles. The quantitative estimate of drug-likeness (QED) is 0.787. The maximum absolute atomic E-state index is 11.8. The summed E-state index contributed by atoms with van der Waals surface area (Å²) in [5, 5.41) is 0. The molecule has 2 aromatic carbocycles. The van der Waals surface area contributed by atoms with E-state index in [4.69, 9.17) is 0 Å². The van der Waals surface area contributed by atoms with Crippen LogP contribution in [0.1, 0.15) is 15.9 Å². The van der Waals surface area contributed by atoms with Crippen molar-refractivity contribution < 1.29 is 4.79 Å². The van der Waals surface area contributed by atoms with E-state index in [0.29, 0.717) is 0 Å². The molecular formula is C16H17NO. The van der Waals surface area contributed by atoms with Gasteiger partial charge in [0.15, 0.2) is 0 Å². The molecule has 2 nitrogen and oxygen atoms in total. The predicted octanol–water partition coefficient (Wildman–Crippen LogP) is 3.36. The summed E-state index contributed by atoms with van der Waals surface area (Å²) in [6.07, 6.45) is 0. The van der Waals surface area contributed by atoms with Gasteiger partial charge in [0, 0.05) is 19.7 Å². The lowest BCUT2D eigenvalue weighted by Gasteiger charge is -2.10. The fourth-order valence-corrected chi connectivity index (χ4v) is 1.81. The van der Waals surface area contributed by atoms with Crippen molar-refractivity contribution in [2.24, 2.45) is 0 Å². The van der Waals surface area contributed by atoms with Crippen LogP contribution in [-0.2, 0) is 0 Å². The SMILES string of the molecule is Cc1ccc(-c2ccc(C(=O)N(C)C)cc2)cc1. The van der Waals surface area contributed by atoms with Gasteiger partial charge in [0.05, 0.1) is 0 Å². The smallest absolute Gasteiger partial charge is 0.253 e. The molecule has 0 spiro atoms. The summed E-state index contributed by atoms with van der Waals surface area (Å²) in [4.78, 5) is 13.3. The second-order valence-electron chi connectivity index (χ2n) is 4.64. The number of benzene rings is 2. The Hall–Kier alpha value is -2.09. The van der Waals surface area contributed by atoms with E-state index in [0.717, 1.165) is 11.1 Å². The van der Waals surface area contributed by atoms with Gasteiger partial charge in [0.25, 0.3) is 5.91 Å². The Balaban J connectivity index is 2.27. The van der Waals surface area contributed by atoms with E-state index in [-0.39, 0.29) is 5.91 Å². The first-order valence-corrected chi connectivity index (χ1v) is 5.96. The molecule has 2 aromatic rings. The molecule has 2 heteroatoms. The number of hydrogen-bond acceptors (Lipinski definition) is 1. The van der Waals surface area contributed by atoms with Crippen molar-refractivity contribution >= 4 is 5.91 Å². The van der Waals surface area contributed by atoms with Gasteiger partial charge in [-0.1, -0.05) is 42.0 Å². The zero-order valence-electron chi connectivity index (χ0n) is 11.0. The number of carbonyl (C=O) groups excluding carboxylic acids is 1. The molecule has 0 aliphatic heterocycles. The van der Waals surface area contributed by atoms with Gasteiger partial charge in [-0.15, -0.1) is 0 Å². The first-order valence-electron chi connectivity index (χ1n) is 5.96. The van der Waals surface area contributed by atoms with E-state index in [9.17, 15) is 4.79 Å². The molecule has 0 aliphatic rings. The highest BCUT2D eigenvalue weighted by Crippen LogP contribution is 2.20. The van der Waals surface area contributed by atoms with Gasteiger partial charge in [-0.3, -0.25) is 4.79 Å². The molecule has 2 rings (SSSR count). The van der Waals surface area contributed by atoms with Crippen LogP contribution in [0.5, 0.6) is 0 Å². The molecule has 18 heavy (non-hydrogen) atoms. The number of rotatable bonds is 2. The molecule has 0 aliphatic carbocycles. The van der Waals surface area contributed by atoms with E-state index in [1.165, 1.54) is 11.1 Å². The topological polar surface area (TPSA) is 20.3 Å². The van der Waals surface area contributed by atoms with Crippen LogP contribution in [0.4, 0.5) is 0 Å². The number of carbonyl (C=O) groups is 1. The molecule has 0 N–H and O–H groups in total. The summed E-state index contributed by atoms with van der Waals surface area (Å²) in [6, 6.07) is 16.1. The van der Waals surface area contributed by atoms with E-state index >= 15 is 0 Å². The van der Waals surface area contributed by atoms with Crippen LogP contribution in [-0.4, -0.2) is 24.9 Å². The van der Waals surface area contributed by atoms with E-state index in [2.05, 4.69) is 31.2 Å². The Morgan fingerprint density at radius 2 is 1.28 bits per heavy atom. The average molecular weight is 239 g/mol. The second-order valence-corrected chi connectivity index (χ2v) is 4.64. The van der Waals surface area contributed by atoms with Gasteiger partial charge in [-0.2, -0.15) is 0 Å². The minimum absolute atomic E-state index is 0.0328. The average Bonchev–Trinajstić information content (AvgIpc) is 2.39. The van der Waals surface area contributed by atoms with Crippen LogP contribution < -0.4 is 0 Å². The number of nitrogens with zero attached hydrogens (tertiary/aromatic N) is 1. The zero-order chi connectivity index (χ0) is 13.1. The summed E-state index contributed by atoms with van der Waals surface area (Å²) in [5.74, 6) is 0.0328. The highest BCUT2D eigenvalue weighted by Gasteiger charge is 2.07. The lowest BCUT2D eigenvalue weighted by atomic mass is 10.0. The van der Waals surface area contributed by atoms with Gasteiger partial charge >= 0.3 is 0 Å². The summed E-state index contributed by atoms with van der Waals surface area (Å²) in [6.45, 7) is 2.07. The van der Waals surface area contributed by atoms with Crippen molar-refractivity contribution in [2.45, 2.75) is 6.92 Å². The van der Waals surface area contributed by atoms with Crippen molar-refractivity contribution in [3.63, 3.8) is 0 Å². The number of hydrogen-bond donors (Lipinski definition) is 0. The zero-order valence-corrected chi connectivity index (χ0v) is 11.0. The Morgan fingerprint density at radius 3 is 1.72 bits per heavy atom. The van der Waals surface area contributed by atoms with Crippen LogP contribution in [0.3, 0.4) is 0 Å². The molecule has 0 unspecified atom stereocenters. The van der Waals surface area contributed by atoms with Gasteiger partial charge in [0.1, 0.15) is 0 Å². The van der Waals surface area contributed by atoms with Crippen LogP contribution in [0.2, 0.25) is 0 Å². The molecule has 0 radical (unpaired) electrons. The fourth-order valence-electron chi connectivity index (χ4n) is 1.81. The Bertz CT molecular complexity index is 538. The monoisotopic (exact) mass is 239 g/mol. The lowest BCUT2D eigenvalue weighted by Crippen LogP contribution is -2.21. The second kappa shape index (κ2) is 5.05. The Morgan fingerprint density at radius 1 is 0.833 bits per heavy atom. The summed E-state index contributed by atoms with van der Waals surface area (Å²) < 4.78 is 0. The highest BCUT2D eigenvalue weighted by atomic mass is 16.2. The van der Waals surface area contributed by atoms with Crippen molar-refractivity contribution in [3.05, 3.63) is 59.7 Å². The van der Waals surface area contributed by atoms with Crippen molar-refractivity contribution in [1.82, 2.24) is 4.90 Å². The van der Waals surface area contributed by atoms with E-state index in [1.807, 2.05) is 24.3 Å². The molecule has 0 atom stereocenters. The van der Waals surface area contributed by atoms with Crippen LogP contribution in [0.25, 0.3) is 11.1 Å². The van der Waals surface area contributed by atoms with E-state index in [1.54, 1.807) is 19.0 Å². The van der Waals surface area contributed by atoms with Crippen LogP contribution >= 0.6 is 0 Å². The third kappa shape index (κ3) is 2.59. The first-order chi connectivity index (χ1) is 8.58. The molecule has 92 valence electrons. The minimum atomic E-state index is 0.0328. The Kier molecular flexibility index (Phi) is 3.47. The van der Waals surface area contributed by atoms with Crippen LogP contribution in [0, 0.1) is 6.92 Å². The maximum atomic E-state index is 11.8. The Labute approximate surface area is 108 Å². The standard InChI is InChI=1S/C16H17NO/c1-12-4-6-13(7-5-12)14-8-10-15(11-9-14)16(18)17(2)3/h4-11H,1-3H3. The third-order valence-corrected chi connectivity index (χ3v) is 2.92. The molecule has 0 saturated carbocycles. The first kappa shape index (κ1) is 12.4. The normalized spacial score (nSPS) is 10.2. The predicted molar refractivity (Wildman–Crippen MR) is 74.6 cm³/mol. The largest absolute Gasteiger partial charge is 0.345 e. The van der Waals surface area contributed by atoms with Crippen LogP contribution in [0.15, 0.2) is 48.5 Å². The van der Waals surface area contributed by atoms with Gasteiger partial charge < -0.3 is 4.90 Å². The number of amides is 1.